The molecule has 0 aliphatic rings. The molecule has 0 aliphatic carbocycles. The molecule has 0 bridgehead atoms. The van der Waals surface area contributed by atoms with E-state index in [1.807, 2.05) is 0 Å². The topological polar surface area (TPSA) is 141 Å². The van der Waals surface area contributed by atoms with Gasteiger partial charge in [-0.05, 0) is 36.4 Å². The maximum atomic E-state index is 12.9. The van der Waals surface area contributed by atoms with Crippen LogP contribution in [-0.2, 0) is 10.0 Å². The number of amides is 1. The van der Waals surface area contributed by atoms with Crippen molar-refractivity contribution in [2.45, 2.75) is 4.90 Å². The van der Waals surface area contributed by atoms with Crippen molar-refractivity contribution < 1.29 is 22.9 Å². The first-order valence-corrected chi connectivity index (χ1v) is 12.4. The molecule has 12 heteroatoms. The van der Waals surface area contributed by atoms with Crippen molar-refractivity contribution in [2.24, 2.45) is 0 Å². The van der Waals surface area contributed by atoms with Crippen LogP contribution >= 0.6 is 11.3 Å². The van der Waals surface area contributed by atoms with E-state index in [-0.39, 0.29) is 27.0 Å². The summed E-state index contributed by atoms with van der Waals surface area (Å²) in [5, 5.41) is 15.6. The summed E-state index contributed by atoms with van der Waals surface area (Å²) in [5.74, 6) is -0.0605. The van der Waals surface area contributed by atoms with Crippen LogP contribution < -0.4 is 14.8 Å². The SMILES string of the molecule is COc1ccc(S(=O)(=O)Nc2ccccc2C(=O)Nc2nc(-c3cccc([N+](=O)[O-])c3)cs2)cc1. The van der Waals surface area contributed by atoms with E-state index in [0.29, 0.717) is 17.0 Å². The van der Waals surface area contributed by atoms with E-state index in [1.54, 1.807) is 29.6 Å². The molecule has 0 saturated heterocycles. The van der Waals surface area contributed by atoms with Crippen molar-refractivity contribution in [3.8, 4) is 17.0 Å². The molecule has 0 spiro atoms. The van der Waals surface area contributed by atoms with Crippen LogP contribution in [0.4, 0.5) is 16.5 Å². The summed E-state index contributed by atoms with van der Waals surface area (Å²) < 4.78 is 33.2. The van der Waals surface area contributed by atoms with Gasteiger partial charge in [0, 0.05) is 23.1 Å². The molecular weight excluding hydrogens is 492 g/mol. The van der Waals surface area contributed by atoms with Gasteiger partial charge in [-0.1, -0.05) is 24.3 Å². The highest BCUT2D eigenvalue weighted by Crippen LogP contribution is 2.28. The van der Waals surface area contributed by atoms with Gasteiger partial charge < -0.3 is 4.74 Å². The number of sulfonamides is 1. The van der Waals surface area contributed by atoms with Crippen LogP contribution in [0.3, 0.4) is 0 Å². The fourth-order valence-electron chi connectivity index (χ4n) is 3.14. The van der Waals surface area contributed by atoms with Crippen LogP contribution in [0.5, 0.6) is 5.75 Å². The van der Waals surface area contributed by atoms with Gasteiger partial charge in [-0.2, -0.15) is 0 Å². The first-order chi connectivity index (χ1) is 16.8. The Morgan fingerprint density at radius 1 is 1.06 bits per heavy atom. The Labute approximate surface area is 204 Å². The molecular formula is C23H18N4O6S2. The lowest BCUT2D eigenvalue weighted by atomic mass is 10.1. The molecule has 0 radical (unpaired) electrons. The lowest BCUT2D eigenvalue weighted by molar-refractivity contribution is -0.384. The summed E-state index contributed by atoms with van der Waals surface area (Å²) in [4.78, 5) is 27.8. The third kappa shape index (κ3) is 5.45. The molecule has 4 aromatic rings. The van der Waals surface area contributed by atoms with Gasteiger partial charge in [0.2, 0.25) is 0 Å². The second-order valence-corrected chi connectivity index (χ2v) is 9.67. The highest BCUT2D eigenvalue weighted by atomic mass is 32.2. The number of hydrogen-bond donors (Lipinski definition) is 2. The second kappa shape index (κ2) is 9.91. The summed E-state index contributed by atoms with van der Waals surface area (Å²) in [5.41, 5.74) is 1.11. The lowest BCUT2D eigenvalue weighted by Crippen LogP contribution is -2.18. The molecule has 0 saturated carbocycles. The molecule has 2 N–H and O–H groups in total. The van der Waals surface area contributed by atoms with E-state index in [0.717, 1.165) is 11.3 Å². The molecule has 1 heterocycles. The zero-order chi connectivity index (χ0) is 25.0. The van der Waals surface area contributed by atoms with Crippen LogP contribution in [0.1, 0.15) is 10.4 Å². The number of carbonyl (C=O) groups excluding carboxylic acids is 1. The number of hydrogen-bond acceptors (Lipinski definition) is 8. The number of nitrogens with zero attached hydrogens (tertiary/aromatic N) is 2. The molecule has 35 heavy (non-hydrogen) atoms. The molecule has 178 valence electrons. The Kier molecular flexibility index (Phi) is 6.75. The summed E-state index contributed by atoms with van der Waals surface area (Å²) >= 11 is 1.14. The number of rotatable bonds is 8. The zero-order valence-electron chi connectivity index (χ0n) is 18.2. The first-order valence-electron chi connectivity index (χ1n) is 10.0. The summed E-state index contributed by atoms with van der Waals surface area (Å²) in [7, 11) is -2.49. The molecule has 0 unspecified atom stereocenters. The van der Waals surface area contributed by atoms with E-state index < -0.39 is 20.9 Å². The Bertz CT molecular complexity index is 1500. The smallest absolute Gasteiger partial charge is 0.270 e. The van der Waals surface area contributed by atoms with Gasteiger partial charge in [0.1, 0.15) is 5.75 Å². The van der Waals surface area contributed by atoms with Crippen molar-refractivity contribution in [3.05, 3.63) is 93.9 Å². The number of ether oxygens (including phenoxy) is 1. The van der Waals surface area contributed by atoms with Gasteiger partial charge in [0.15, 0.2) is 5.13 Å². The maximum Gasteiger partial charge on any atom is 0.270 e. The number of aromatic nitrogens is 1. The van der Waals surface area contributed by atoms with E-state index >= 15 is 0 Å². The summed E-state index contributed by atoms with van der Waals surface area (Å²) in [6.45, 7) is 0. The number of para-hydroxylation sites is 1. The van der Waals surface area contributed by atoms with E-state index in [4.69, 9.17) is 4.74 Å². The highest BCUT2D eigenvalue weighted by molar-refractivity contribution is 7.92. The normalized spacial score (nSPS) is 11.0. The molecule has 3 aromatic carbocycles. The van der Waals surface area contributed by atoms with Crippen molar-refractivity contribution in [1.29, 1.82) is 0 Å². The maximum absolute atomic E-state index is 12.9. The largest absolute Gasteiger partial charge is 0.497 e. The van der Waals surface area contributed by atoms with Crippen molar-refractivity contribution >= 4 is 43.8 Å². The number of non-ortho nitro benzene ring substituents is 1. The monoisotopic (exact) mass is 510 g/mol. The molecule has 1 aromatic heterocycles. The van der Waals surface area contributed by atoms with Crippen LogP contribution in [0, 0.1) is 10.1 Å². The lowest BCUT2D eigenvalue weighted by Gasteiger charge is -2.12. The Morgan fingerprint density at radius 3 is 2.51 bits per heavy atom. The fourth-order valence-corrected chi connectivity index (χ4v) is 4.93. The Morgan fingerprint density at radius 2 is 1.80 bits per heavy atom. The number of benzene rings is 3. The Hall–Kier alpha value is -4.29. The minimum atomic E-state index is -3.96. The number of nitro benzene ring substituents is 1. The molecule has 10 nitrogen and oxygen atoms in total. The summed E-state index contributed by atoms with van der Waals surface area (Å²) in [6, 6.07) is 18.0. The number of nitro groups is 1. The first kappa shape index (κ1) is 23.9. The van der Waals surface area contributed by atoms with Crippen molar-refractivity contribution in [2.75, 3.05) is 17.1 Å². The molecule has 0 fully saturated rings. The third-order valence-corrected chi connectivity index (χ3v) is 7.00. The predicted molar refractivity (Wildman–Crippen MR) is 132 cm³/mol. The van der Waals surface area contributed by atoms with E-state index in [9.17, 15) is 23.3 Å². The van der Waals surface area contributed by atoms with Gasteiger partial charge in [-0.3, -0.25) is 24.9 Å². The average molecular weight is 511 g/mol. The van der Waals surface area contributed by atoms with Gasteiger partial charge in [0.05, 0.1) is 33.9 Å². The number of thiazole rings is 1. The van der Waals surface area contributed by atoms with E-state index in [2.05, 4.69) is 15.0 Å². The van der Waals surface area contributed by atoms with Gasteiger partial charge in [0.25, 0.3) is 21.6 Å². The quantitative estimate of drug-likeness (QED) is 0.257. The number of carbonyl (C=O) groups is 1. The predicted octanol–water partition coefficient (Wildman–Crippen LogP) is 4.78. The van der Waals surface area contributed by atoms with E-state index in [1.165, 1.54) is 55.6 Å². The average Bonchev–Trinajstić information content (AvgIpc) is 3.32. The molecule has 0 atom stereocenters. The van der Waals surface area contributed by atoms with Gasteiger partial charge in [-0.25, -0.2) is 13.4 Å². The standard InChI is InChI=1S/C23H18N4O6S2/c1-33-17-9-11-18(12-10-17)35(31,32)26-20-8-3-2-7-19(20)22(28)25-23-24-21(14-34-23)15-5-4-6-16(13-15)27(29)30/h2-14,26H,1H3,(H,24,25,28). The molecule has 1 amide bonds. The van der Waals surface area contributed by atoms with Crippen molar-refractivity contribution in [1.82, 2.24) is 4.98 Å². The summed E-state index contributed by atoms with van der Waals surface area (Å²) in [6.07, 6.45) is 0. The number of methoxy groups -OCH3 is 1. The van der Waals surface area contributed by atoms with Crippen LogP contribution in [0.2, 0.25) is 0 Å². The molecule has 0 aliphatic heterocycles. The fraction of sp³-hybridized carbons (Fsp3) is 0.0435. The van der Waals surface area contributed by atoms with Crippen LogP contribution in [0.25, 0.3) is 11.3 Å². The van der Waals surface area contributed by atoms with Crippen LogP contribution in [-0.4, -0.2) is 31.3 Å². The van der Waals surface area contributed by atoms with Crippen molar-refractivity contribution in [3.63, 3.8) is 0 Å². The third-order valence-electron chi connectivity index (χ3n) is 4.86. The minimum Gasteiger partial charge on any atom is -0.497 e. The molecule has 4 rings (SSSR count). The Balaban J connectivity index is 1.54. The number of anilines is 2. The number of nitrogens with one attached hydrogen (secondary N) is 2. The zero-order valence-corrected chi connectivity index (χ0v) is 19.8. The second-order valence-electron chi connectivity index (χ2n) is 7.13. The highest BCUT2D eigenvalue weighted by Gasteiger charge is 2.20. The van der Waals surface area contributed by atoms with Gasteiger partial charge >= 0.3 is 0 Å². The minimum absolute atomic E-state index is 0.00929. The van der Waals surface area contributed by atoms with Crippen LogP contribution in [0.15, 0.2) is 83.1 Å². The van der Waals surface area contributed by atoms with Gasteiger partial charge in [-0.15, -0.1) is 11.3 Å².